The maximum atomic E-state index is 12.7. The van der Waals surface area contributed by atoms with Crippen LogP contribution in [0.4, 0.5) is 5.69 Å². The quantitative estimate of drug-likeness (QED) is 0.379. The molecule has 160 valence electrons. The van der Waals surface area contributed by atoms with Gasteiger partial charge in [0.1, 0.15) is 5.54 Å². The maximum Gasteiger partial charge on any atom is 0.325 e. The van der Waals surface area contributed by atoms with Gasteiger partial charge in [-0.1, -0.05) is 35.9 Å². The van der Waals surface area contributed by atoms with E-state index in [1.165, 1.54) is 24.3 Å². The van der Waals surface area contributed by atoms with Crippen molar-refractivity contribution in [1.29, 1.82) is 0 Å². The monoisotopic (exact) mass is 423 g/mol. The number of nitrogens with zero attached hydrogens (tertiary/aromatic N) is 1. The van der Waals surface area contributed by atoms with E-state index in [-0.39, 0.29) is 12.1 Å². The Morgan fingerprint density at radius 2 is 1.81 bits per heavy atom. The fourth-order valence-corrected chi connectivity index (χ4v) is 4.78. The summed E-state index contributed by atoms with van der Waals surface area (Å²) < 4.78 is 0. The first-order chi connectivity index (χ1) is 14.6. The van der Waals surface area contributed by atoms with Crippen LogP contribution in [0.5, 0.6) is 0 Å². The van der Waals surface area contributed by atoms with Gasteiger partial charge in [-0.05, 0) is 30.5 Å². The van der Waals surface area contributed by atoms with Crippen molar-refractivity contribution in [1.82, 2.24) is 10.6 Å². The van der Waals surface area contributed by atoms with Crippen LogP contribution in [0.15, 0.2) is 42.5 Å². The Kier molecular flexibility index (Phi) is 4.85. The van der Waals surface area contributed by atoms with Gasteiger partial charge in [-0.2, -0.15) is 0 Å². The van der Waals surface area contributed by atoms with Gasteiger partial charge in [0.15, 0.2) is 0 Å². The molecule has 0 aliphatic carbocycles. The molecular weight excluding hydrogens is 402 g/mol. The van der Waals surface area contributed by atoms with E-state index in [2.05, 4.69) is 10.6 Å². The maximum absolute atomic E-state index is 12.7. The van der Waals surface area contributed by atoms with Crippen molar-refractivity contribution in [3.05, 3.63) is 74.8 Å². The number of rotatable bonds is 5. The molecule has 3 N–H and O–H groups in total. The smallest absolute Gasteiger partial charge is 0.325 e. The molecule has 9 nitrogen and oxygen atoms in total. The molecule has 2 aliphatic heterocycles. The third kappa shape index (κ3) is 3.27. The summed E-state index contributed by atoms with van der Waals surface area (Å²) in [6.07, 6.45) is -0.108. The van der Waals surface area contributed by atoms with Gasteiger partial charge in [-0.15, -0.1) is 0 Å². The highest BCUT2D eigenvalue weighted by Gasteiger charge is 2.66. The van der Waals surface area contributed by atoms with E-state index < -0.39 is 46.1 Å². The van der Waals surface area contributed by atoms with E-state index in [4.69, 9.17) is 0 Å². The Balaban J connectivity index is 1.80. The summed E-state index contributed by atoms with van der Waals surface area (Å²) in [5.41, 5.74) is 1.25. The fourth-order valence-electron chi connectivity index (χ4n) is 4.78. The van der Waals surface area contributed by atoms with Crippen LogP contribution >= 0.6 is 0 Å². The van der Waals surface area contributed by atoms with Gasteiger partial charge in [0.05, 0.1) is 16.8 Å². The predicted octanol–water partition coefficient (Wildman–Crippen LogP) is 1.81. The predicted molar refractivity (Wildman–Crippen MR) is 109 cm³/mol. The van der Waals surface area contributed by atoms with Crippen LogP contribution in [-0.2, 0) is 20.8 Å². The van der Waals surface area contributed by atoms with Gasteiger partial charge in [-0.3, -0.25) is 35.1 Å². The van der Waals surface area contributed by atoms with Crippen molar-refractivity contribution < 1.29 is 24.4 Å². The molecule has 2 saturated heterocycles. The van der Waals surface area contributed by atoms with Crippen molar-refractivity contribution in [3.8, 4) is 0 Å². The molecule has 2 aromatic rings. The number of hydrogen-bond acceptors (Lipinski definition) is 6. The molecule has 4 atom stereocenters. The summed E-state index contributed by atoms with van der Waals surface area (Å²) in [7, 11) is 0. The number of aliphatic carboxylic acids is 1. The highest BCUT2D eigenvalue weighted by molar-refractivity contribution is 6.09. The van der Waals surface area contributed by atoms with Crippen LogP contribution in [0.3, 0.4) is 0 Å². The zero-order chi connectivity index (χ0) is 22.5. The summed E-state index contributed by atoms with van der Waals surface area (Å²) in [5, 5.41) is 26.6. The average molecular weight is 423 g/mol. The topological polar surface area (TPSA) is 139 Å². The Morgan fingerprint density at radius 3 is 2.42 bits per heavy atom. The number of hydrogen-bond donors (Lipinski definition) is 3. The fraction of sp³-hybridized carbons (Fsp3) is 0.318. The lowest BCUT2D eigenvalue weighted by Crippen LogP contribution is -2.57. The number of fused-ring (bicyclic) bond motifs is 1. The second kappa shape index (κ2) is 7.28. The number of carbonyl (C=O) groups excluding carboxylic acids is 2. The van der Waals surface area contributed by atoms with Crippen LogP contribution in [0.1, 0.15) is 28.3 Å². The third-order valence-electron chi connectivity index (χ3n) is 6.28. The molecule has 4 unspecified atom stereocenters. The van der Waals surface area contributed by atoms with Gasteiger partial charge in [0.2, 0.25) is 11.8 Å². The number of nitrogens with one attached hydrogen (secondary N) is 2. The number of carboxylic acids is 1. The highest BCUT2D eigenvalue weighted by atomic mass is 16.6. The summed E-state index contributed by atoms with van der Waals surface area (Å²) in [6, 6.07) is 10.6. The Morgan fingerprint density at radius 1 is 1.13 bits per heavy atom. The number of non-ortho nitro benzene ring substituents is 1. The molecule has 2 aromatic carbocycles. The summed E-state index contributed by atoms with van der Waals surface area (Å²) >= 11 is 0. The van der Waals surface area contributed by atoms with Gasteiger partial charge < -0.3 is 5.11 Å². The molecule has 0 radical (unpaired) electrons. The van der Waals surface area contributed by atoms with Crippen molar-refractivity contribution in [3.63, 3.8) is 0 Å². The molecule has 2 heterocycles. The number of nitro benzene ring substituents is 1. The van der Waals surface area contributed by atoms with E-state index >= 15 is 0 Å². The van der Waals surface area contributed by atoms with Crippen molar-refractivity contribution in [2.24, 2.45) is 11.8 Å². The minimum Gasteiger partial charge on any atom is -0.480 e. The number of aryl methyl sites for hydroxylation is 2. The van der Waals surface area contributed by atoms with Crippen LogP contribution in [0.25, 0.3) is 0 Å². The summed E-state index contributed by atoms with van der Waals surface area (Å²) in [4.78, 5) is 48.4. The first-order valence-electron chi connectivity index (χ1n) is 9.80. The molecule has 4 rings (SSSR count). The van der Waals surface area contributed by atoms with Crippen LogP contribution in [-0.4, -0.2) is 33.4 Å². The molecule has 0 spiro atoms. The molecular formula is C22H21N3O6. The molecule has 0 saturated carbocycles. The normalized spacial score (nSPS) is 27.1. The van der Waals surface area contributed by atoms with Crippen LogP contribution < -0.4 is 10.6 Å². The molecule has 9 heteroatoms. The van der Waals surface area contributed by atoms with Gasteiger partial charge in [0.25, 0.3) is 5.69 Å². The summed E-state index contributed by atoms with van der Waals surface area (Å²) in [5.74, 6) is -4.36. The lowest BCUT2D eigenvalue weighted by atomic mass is 9.76. The van der Waals surface area contributed by atoms with Gasteiger partial charge in [0, 0.05) is 24.6 Å². The first kappa shape index (κ1) is 20.7. The van der Waals surface area contributed by atoms with Gasteiger partial charge in [-0.25, -0.2) is 0 Å². The average Bonchev–Trinajstić information content (AvgIpc) is 3.21. The standard InChI is InChI=1S/C22H21N3O6/c1-11-3-4-12(2)15(9-11)18-16-17(20(27)23-19(16)26)22(24-18,21(28)29)10-13-5-7-14(8-6-13)25(30)31/h3-9,16-18,24H,10H2,1-2H3,(H,28,29)(H,23,26,27). The van der Waals surface area contributed by atoms with E-state index in [0.29, 0.717) is 5.56 Å². The van der Waals surface area contributed by atoms with E-state index in [1.807, 2.05) is 32.0 Å². The van der Waals surface area contributed by atoms with Crippen LogP contribution in [0, 0.1) is 35.8 Å². The molecule has 0 aromatic heterocycles. The molecule has 31 heavy (non-hydrogen) atoms. The number of benzene rings is 2. The second-order valence-corrected chi connectivity index (χ2v) is 8.22. The Hall–Kier alpha value is -3.59. The first-order valence-corrected chi connectivity index (χ1v) is 9.80. The minimum absolute atomic E-state index is 0.108. The number of carboxylic acid groups (broad SMARTS) is 1. The lowest BCUT2D eigenvalue weighted by Gasteiger charge is -2.30. The number of nitro groups is 1. The summed E-state index contributed by atoms with van der Waals surface area (Å²) in [6.45, 7) is 3.77. The molecule has 2 fully saturated rings. The largest absolute Gasteiger partial charge is 0.480 e. The molecule has 0 bridgehead atoms. The van der Waals surface area contributed by atoms with E-state index in [0.717, 1.165) is 16.7 Å². The SMILES string of the molecule is Cc1ccc(C)c(C2NC(Cc3ccc([N+](=O)[O-])cc3)(C(=O)O)C3C(=O)NC(=O)C23)c1. The second-order valence-electron chi connectivity index (χ2n) is 8.22. The highest BCUT2D eigenvalue weighted by Crippen LogP contribution is 2.48. The van der Waals surface area contributed by atoms with Crippen molar-refractivity contribution in [2.75, 3.05) is 0 Å². The van der Waals surface area contributed by atoms with Crippen LogP contribution in [0.2, 0.25) is 0 Å². The molecule has 2 aliphatic rings. The Bertz CT molecular complexity index is 1110. The Labute approximate surface area is 177 Å². The van der Waals surface area contributed by atoms with E-state index in [1.54, 1.807) is 0 Å². The number of amides is 2. The van der Waals surface area contributed by atoms with Gasteiger partial charge >= 0.3 is 5.97 Å². The number of carbonyl (C=O) groups is 3. The zero-order valence-corrected chi connectivity index (χ0v) is 16.9. The van der Waals surface area contributed by atoms with Crippen molar-refractivity contribution in [2.45, 2.75) is 31.8 Å². The number of imide groups is 1. The molecule has 2 amide bonds. The lowest BCUT2D eigenvalue weighted by molar-refractivity contribution is -0.384. The third-order valence-corrected chi connectivity index (χ3v) is 6.28. The zero-order valence-electron chi connectivity index (χ0n) is 16.9. The minimum atomic E-state index is -1.74. The van der Waals surface area contributed by atoms with E-state index in [9.17, 15) is 29.6 Å². The van der Waals surface area contributed by atoms with Crippen molar-refractivity contribution >= 4 is 23.5 Å².